The zero-order valence-electron chi connectivity index (χ0n) is 17.7. The van der Waals surface area contributed by atoms with Crippen molar-refractivity contribution >= 4 is 44.7 Å². The van der Waals surface area contributed by atoms with Crippen molar-refractivity contribution in [3.63, 3.8) is 0 Å². The van der Waals surface area contributed by atoms with Gasteiger partial charge in [-0.3, -0.25) is 19.0 Å². The molecule has 0 unspecified atom stereocenters. The smallest absolute Gasteiger partial charge is 0.263 e. The number of nitrogens with one attached hydrogen (secondary N) is 2. The molecule has 1 aromatic carbocycles. The van der Waals surface area contributed by atoms with Crippen LogP contribution in [0.1, 0.15) is 23.2 Å². The molecule has 0 aliphatic heterocycles. The Bertz CT molecular complexity index is 1160. The summed E-state index contributed by atoms with van der Waals surface area (Å²) in [5.74, 6) is 0.0616. The third-order valence-corrected chi connectivity index (χ3v) is 5.72. The fourth-order valence-electron chi connectivity index (χ4n) is 3.12. The molecular formula is C21H25N5O3S. The Kier molecular flexibility index (Phi) is 6.33. The molecule has 2 heterocycles. The third-order valence-electron chi connectivity index (χ3n) is 4.62. The molecular weight excluding hydrogens is 402 g/mol. The average Bonchev–Trinajstić information content (AvgIpc) is 2.93. The molecule has 158 valence electrons. The Balaban J connectivity index is 1.88. The van der Waals surface area contributed by atoms with Gasteiger partial charge in [-0.25, -0.2) is 4.98 Å². The fourth-order valence-corrected chi connectivity index (χ4v) is 4.16. The zero-order valence-corrected chi connectivity index (χ0v) is 18.5. The van der Waals surface area contributed by atoms with Crippen molar-refractivity contribution in [3.05, 3.63) is 50.9 Å². The number of hydrogen-bond acceptors (Lipinski definition) is 6. The number of aryl methyl sites for hydroxylation is 2. The van der Waals surface area contributed by atoms with Crippen LogP contribution >= 0.6 is 11.3 Å². The molecule has 2 aromatic heterocycles. The van der Waals surface area contributed by atoms with Gasteiger partial charge < -0.3 is 15.5 Å². The lowest BCUT2D eigenvalue weighted by molar-refractivity contribution is -0.117. The predicted octanol–water partition coefficient (Wildman–Crippen LogP) is 2.73. The molecule has 0 atom stereocenters. The number of nitrogens with zero attached hydrogens (tertiary/aromatic N) is 3. The van der Waals surface area contributed by atoms with Crippen LogP contribution in [0.15, 0.2) is 29.1 Å². The molecule has 0 aliphatic carbocycles. The Morgan fingerprint density at radius 3 is 2.27 bits per heavy atom. The summed E-state index contributed by atoms with van der Waals surface area (Å²) in [6.07, 6.45) is 0. The lowest BCUT2D eigenvalue weighted by atomic mass is 10.2. The van der Waals surface area contributed by atoms with Gasteiger partial charge in [0.15, 0.2) is 0 Å². The quantitative estimate of drug-likeness (QED) is 0.631. The average molecular weight is 428 g/mol. The number of carbonyl (C=O) groups is 2. The first kappa shape index (κ1) is 21.7. The van der Waals surface area contributed by atoms with E-state index in [4.69, 9.17) is 0 Å². The van der Waals surface area contributed by atoms with Crippen LogP contribution < -0.4 is 16.2 Å². The number of aromatic nitrogens is 2. The number of rotatable bonds is 6. The predicted molar refractivity (Wildman–Crippen MR) is 120 cm³/mol. The van der Waals surface area contributed by atoms with E-state index in [9.17, 15) is 14.4 Å². The van der Waals surface area contributed by atoms with Gasteiger partial charge in [-0.2, -0.15) is 0 Å². The largest absolute Gasteiger partial charge is 0.326 e. The molecule has 0 aliphatic rings. The highest BCUT2D eigenvalue weighted by Crippen LogP contribution is 2.26. The van der Waals surface area contributed by atoms with E-state index in [0.717, 1.165) is 10.4 Å². The number of amides is 2. The van der Waals surface area contributed by atoms with Crippen LogP contribution in [-0.4, -0.2) is 40.4 Å². The Hall–Kier alpha value is -3.04. The van der Waals surface area contributed by atoms with Crippen LogP contribution in [0.25, 0.3) is 10.2 Å². The summed E-state index contributed by atoms with van der Waals surface area (Å²) in [4.78, 5) is 45.3. The van der Waals surface area contributed by atoms with Crippen molar-refractivity contribution in [2.75, 3.05) is 24.7 Å². The molecule has 8 nitrogen and oxygen atoms in total. The highest BCUT2D eigenvalue weighted by molar-refractivity contribution is 7.18. The number of thiophene rings is 1. The van der Waals surface area contributed by atoms with E-state index in [1.54, 1.807) is 24.3 Å². The molecule has 30 heavy (non-hydrogen) atoms. The van der Waals surface area contributed by atoms with Gasteiger partial charge in [-0.15, -0.1) is 11.3 Å². The summed E-state index contributed by atoms with van der Waals surface area (Å²) in [5.41, 5.74) is 1.93. The maximum Gasteiger partial charge on any atom is 0.263 e. The topological polar surface area (TPSA) is 96.3 Å². The van der Waals surface area contributed by atoms with Crippen LogP contribution in [0.4, 0.5) is 11.4 Å². The van der Waals surface area contributed by atoms with Gasteiger partial charge in [0, 0.05) is 23.2 Å². The molecule has 0 radical (unpaired) electrons. The lowest BCUT2D eigenvalue weighted by Crippen LogP contribution is -2.32. The van der Waals surface area contributed by atoms with E-state index < -0.39 is 0 Å². The molecule has 3 aromatic rings. The van der Waals surface area contributed by atoms with E-state index in [1.807, 2.05) is 32.8 Å². The van der Waals surface area contributed by atoms with E-state index in [2.05, 4.69) is 15.6 Å². The Labute approximate surface area is 178 Å². The number of anilines is 2. The van der Waals surface area contributed by atoms with Crippen LogP contribution in [-0.2, 0) is 22.7 Å². The first-order valence-corrected chi connectivity index (χ1v) is 10.3. The Morgan fingerprint density at radius 1 is 1.10 bits per heavy atom. The van der Waals surface area contributed by atoms with Crippen molar-refractivity contribution in [2.24, 2.45) is 0 Å². The monoisotopic (exact) mass is 427 g/mol. The number of benzene rings is 1. The molecule has 0 fully saturated rings. The van der Waals surface area contributed by atoms with Gasteiger partial charge in [-0.1, -0.05) is 0 Å². The first-order chi connectivity index (χ1) is 14.2. The highest BCUT2D eigenvalue weighted by atomic mass is 32.1. The van der Waals surface area contributed by atoms with Gasteiger partial charge >= 0.3 is 0 Å². The van der Waals surface area contributed by atoms with Gasteiger partial charge in [0.25, 0.3) is 5.56 Å². The summed E-state index contributed by atoms with van der Waals surface area (Å²) >= 11 is 1.50. The second kappa shape index (κ2) is 8.76. The zero-order chi connectivity index (χ0) is 22.0. The van der Waals surface area contributed by atoms with E-state index in [0.29, 0.717) is 34.0 Å². The van der Waals surface area contributed by atoms with Gasteiger partial charge in [-0.05, 0) is 57.8 Å². The fraction of sp³-hybridized carbons (Fsp3) is 0.333. The minimum Gasteiger partial charge on any atom is -0.326 e. The molecule has 0 bridgehead atoms. The normalized spacial score (nSPS) is 11.1. The molecule has 0 saturated heterocycles. The summed E-state index contributed by atoms with van der Waals surface area (Å²) in [6.45, 7) is 5.62. The van der Waals surface area contributed by atoms with E-state index >= 15 is 0 Å². The van der Waals surface area contributed by atoms with E-state index in [-0.39, 0.29) is 23.9 Å². The summed E-state index contributed by atoms with van der Waals surface area (Å²) in [7, 11) is 3.78. The molecule has 0 spiro atoms. The molecule has 3 rings (SSSR count). The summed E-state index contributed by atoms with van der Waals surface area (Å²) in [6, 6.07) is 6.79. The molecule has 2 N–H and O–H groups in total. The molecule has 9 heteroatoms. The van der Waals surface area contributed by atoms with Crippen molar-refractivity contribution in [2.45, 2.75) is 33.9 Å². The lowest BCUT2D eigenvalue weighted by Gasteiger charge is -2.16. The van der Waals surface area contributed by atoms with Gasteiger partial charge in [0.05, 0.1) is 11.9 Å². The number of fused-ring (bicyclic) bond motifs is 1. The van der Waals surface area contributed by atoms with Crippen LogP contribution in [0, 0.1) is 13.8 Å². The van der Waals surface area contributed by atoms with Gasteiger partial charge in [0.1, 0.15) is 17.2 Å². The number of carbonyl (C=O) groups excluding carboxylic acids is 2. The van der Waals surface area contributed by atoms with Crippen LogP contribution in [0.3, 0.4) is 0 Å². The van der Waals surface area contributed by atoms with E-state index in [1.165, 1.54) is 22.8 Å². The minimum absolute atomic E-state index is 0.132. The Morgan fingerprint density at radius 2 is 1.70 bits per heavy atom. The molecule has 0 saturated carbocycles. The maximum atomic E-state index is 13.2. The van der Waals surface area contributed by atoms with Crippen molar-refractivity contribution in [1.82, 2.24) is 14.5 Å². The summed E-state index contributed by atoms with van der Waals surface area (Å²) in [5, 5.41) is 6.05. The first-order valence-electron chi connectivity index (χ1n) is 9.47. The van der Waals surface area contributed by atoms with Crippen molar-refractivity contribution < 1.29 is 9.59 Å². The highest BCUT2D eigenvalue weighted by Gasteiger charge is 2.18. The van der Waals surface area contributed by atoms with Gasteiger partial charge in [0.2, 0.25) is 11.8 Å². The molecule has 2 amide bonds. The second-order valence-corrected chi connectivity index (χ2v) is 8.63. The minimum atomic E-state index is -0.324. The maximum absolute atomic E-state index is 13.2. The standard InChI is InChI=1S/C21H25N5O3S/c1-12-13(2)30-20-19(12)21(29)26(17(24-20)10-25(4)5)11-18(28)23-16-8-6-15(7-9-16)22-14(3)27/h6-9H,10-11H2,1-5H3,(H,22,27)(H,23,28). The number of hydrogen-bond donors (Lipinski definition) is 2. The second-order valence-electron chi connectivity index (χ2n) is 7.43. The third kappa shape index (κ3) is 4.74. The SMILES string of the molecule is CC(=O)Nc1ccc(NC(=O)Cn2c(CN(C)C)nc3sc(C)c(C)c3c2=O)cc1. The van der Waals surface area contributed by atoms with Crippen LogP contribution in [0.2, 0.25) is 0 Å². The summed E-state index contributed by atoms with van der Waals surface area (Å²) < 4.78 is 1.45. The van der Waals surface area contributed by atoms with Crippen molar-refractivity contribution in [3.8, 4) is 0 Å². The van der Waals surface area contributed by atoms with Crippen LogP contribution in [0.5, 0.6) is 0 Å². The van der Waals surface area contributed by atoms with Crippen molar-refractivity contribution in [1.29, 1.82) is 0 Å².